The van der Waals surface area contributed by atoms with Crippen molar-refractivity contribution in [1.29, 1.82) is 0 Å². The summed E-state index contributed by atoms with van der Waals surface area (Å²) < 4.78 is 36.1. The summed E-state index contributed by atoms with van der Waals surface area (Å²) in [4.78, 5) is 28.5. The number of aromatic nitrogens is 1. The fourth-order valence-electron chi connectivity index (χ4n) is 2.71. The summed E-state index contributed by atoms with van der Waals surface area (Å²) >= 11 is 1.22. The van der Waals surface area contributed by atoms with Crippen LogP contribution in [-0.4, -0.2) is 37.0 Å². The molecule has 1 aromatic heterocycles. The van der Waals surface area contributed by atoms with Crippen LogP contribution in [0.4, 0.5) is 4.39 Å². The van der Waals surface area contributed by atoms with E-state index in [1.165, 1.54) is 42.7 Å². The third-order valence-electron chi connectivity index (χ3n) is 4.09. The Morgan fingerprint density at radius 1 is 1.21 bits per heavy atom. The van der Waals surface area contributed by atoms with Crippen molar-refractivity contribution in [2.75, 3.05) is 20.5 Å². The molecule has 0 N–H and O–H groups in total. The number of hydrogen-bond donors (Lipinski definition) is 0. The fraction of sp³-hybridized carbons (Fsp3) is 0.211. The molecule has 10 heteroatoms. The number of nitrogens with zero attached hydrogens (tertiary/aromatic N) is 2. The maximum atomic E-state index is 12.9. The number of hydrogen-bond acceptors (Lipinski definition) is 7. The maximum Gasteiger partial charge on any atom is 0.325 e. The van der Waals surface area contributed by atoms with Crippen LogP contribution in [0.3, 0.4) is 0 Å². The minimum Gasteiger partial charge on any atom is -0.484 e. The van der Waals surface area contributed by atoms with Gasteiger partial charge in [0.15, 0.2) is 22.9 Å². The van der Waals surface area contributed by atoms with Gasteiger partial charge >= 0.3 is 5.97 Å². The van der Waals surface area contributed by atoms with Gasteiger partial charge in [-0.05, 0) is 24.3 Å². The van der Waals surface area contributed by atoms with E-state index in [0.717, 1.165) is 4.70 Å². The first-order valence-electron chi connectivity index (χ1n) is 8.49. The molecule has 1 aliphatic heterocycles. The number of rotatable bonds is 5. The number of ether oxygens (including phenoxy) is 4. The Bertz CT molecular complexity index is 1150. The zero-order valence-corrected chi connectivity index (χ0v) is 16.0. The lowest BCUT2D eigenvalue weighted by molar-refractivity contribution is -0.141. The first-order chi connectivity index (χ1) is 14.0. The second kappa shape index (κ2) is 7.92. The van der Waals surface area contributed by atoms with E-state index < -0.39 is 17.7 Å². The highest BCUT2D eigenvalue weighted by molar-refractivity contribution is 7.16. The Kier molecular flexibility index (Phi) is 5.17. The number of amides is 1. The summed E-state index contributed by atoms with van der Waals surface area (Å²) in [7, 11) is 1.28. The number of carbonyl (C=O) groups excluding carboxylic acids is 2. The van der Waals surface area contributed by atoms with Crippen molar-refractivity contribution >= 4 is 33.4 Å². The Hall–Kier alpha value is -3.40. The van der Waals surface area contributed by atoms with Crippen LogP contribution in [0.2, 0.25) is 0 Å². The maximum absolute atomic E-state index is 12.9. The molecule has 1 amide bonds. The van der Waals surface area contributed by atoms with E-state index in [4.69, 9.17) is 18.9 Å². The summed E-state index contributed by atoms with van der Waals surface area (Å²) in [6.45, 7) is -0.331. The molecule has 0 saturated heterocycles. The zero-order chi connectivity index (χ0) is 20.4. The molecule has 1 aliphatic rings. The van der Waals surface area contributed by atoms with Gasteiger partial charge in [0.05, 0.1) is 17.3 Å². The van der Waals surface area contributed by atoms with E-state index in [1.807, 2.05) is 0 Å². The number of thiazole rings is 1. The van der Waals surface area contributed by atoms with Crippen molar-refractivity contribution in [2.45, 2.75) is 6.54 Å². The van der Waals surface area contributed by atoms with Crippen molar-refractivity contribution in [2.24, 2.45) is 4.99 Å². The van der Waals surface area contributed by atoms with E-state index in [2.05, 4.69) is 4.99 Å². The van der Waals surface area contributed by atoms with Crippen molar-refractivity contribution in [3.05, 3.63) is 47.0 Å². The van der Waals surface area contributed by atoms with Gasteiger partial charge in [-0.2, -0.15) is 4.99 Å². The largest absolute Gasteiger partial charge is 0.484 e. The predicted octanol–water partition coefficient (Wildman–Crippen LogP) is 2.25. The van der Waals surface area contributed by atoms with Gasteiger partial charge in [0.1, 0.15) is 18.1 Å². The second-order valence-electron chi connectivity index (χ2n) is 5.97. The minimum atomic E-state index is -0.556. The molecule has 2 aromatic carbocycles. The van der Waals surface area contributed by atoms with Crippen molar-refractivity contribution < 1.29 is 32.9 Å². The van der Waals surface area contributed by atoms with Crippen LogP contribution in [0, 0.1) is 5.82 Å². The predicted molar refractivity (Wildman–Crippen MR) is 100 cm³/mol. The molecule has 0 unspecified atom stereocenters. The monoisotopic (exact) mass is 418 g/mol. The molecule has 0 radical (unpaired) electrons. The number of benzene rings is 2. The highest BCUT2D eigenvalue weighted by Gasteiger charge is 2.19. The third-order valence-corrected chi connectivity index (χ3v) is 5.13. The van der Waals surface area contributed by atoms with E-state index in [1.54, 1.807) is 16.7 Å². The minimum absolute atomic E-state index is 0.124. The molecule has 29 heavy (non-hydrogen) atoms. The smallest absolute Gasteiger partial charge is 0.325 e. The SMILES string of the molecule is COC(=O)Cn1c(=NC(=O)COc2ccc(F)cc2)sc2cc3c(cc21)OCO3. The Balaban J connectivity index is 1.65. The molecule has 0 atom stereocenters. The number of esters is 1. The summed E-state index contributed by atoms with van der Waals surface area (Å²) in [5, 5.41) is 0. The highest BCUT2D eigenvalue weighted by atomic mass is 32.1. The van der Waals surface area contributed by atoms with Crippen LogP contribution < -0.4 is 19.0 Å². The molecule has 0 fully saturated rings. The number of methoxy groups -OCH3 is 1. The van der Waals surface area contributed by atoms with Crippen molar-refractivity contribution in [3.8, 4) is 17.2 Å². The average molecular weight is 418 g/mol. The van der Waals surface area contributed by atoms with Crippen molar-refractivity contribution in [1.82, 2.24) is 4.57 Å². The molecule has 0 spiro atoms. The molecule has 150 valence electrons. The van der Waals surface area contributed by atoms with Gasteiger partial charge in [0.25, 0.3) is 5.91 Å². The van der Waals surface area contributed by atoms with Gasteiger partial charge in [0.2, 0.25) is 6.79 Å². The van der Waals surface area contributed by atoms with E-state index in [9.17, 15) is 14.0 Å². The van der Waals surface area contributed by atoms with Crippen LogP contribution in [0.1, 0.15) is 0 Å². The van der Waals surface area contributed by atoms with E-state index >= 15 is 0 Å². The summed E-state index contributed by atoms with van der Waals surface area (Å²) in [6, 6.07) is 8.81. The molecule has 0 saturated carbocycles. The zero-order valence-electron chi connectivity index (χ0n) is 15.2. The Morgan fingerprint density at radius 2 is 1.93 bits per heavy atom. The topological polar surface area (TPSA) is 88.4 Å². The highest BCUT2D eigenvalue weighted by Crippen LogP contribution is 2.36. The molecule has 3 aromatic rings. The summed E-state index contributed by atoms with van der Waals surface area (Å²) in [6.07, 6.45) is 0. The number of carbonyl (C=O) groups is 2. The molecule has 4 rings (SSSR count). The molecular formula is C19H15FN2O6S. The summed E-state index contributed by atoms with van der Waals surface area (Å²) in [5.41, 5.74) is 0.663. The second-order valence-corrected chi connectivity index (χ2v) is 6.98. The van der Waals surface area contributed by atoms with Crippen LogP contribution in [0.25, 0.3) is 10.2 Å². The van der Waals surface area contributed by atoms with Gasteiger partial charge in [-0.25, -0.2) is 4.39 Å². The van der Waals surface area contributed by atoms with Gasteiger partial charge in [0, 0.05) is 12.1 Å². The standard InChI is InChI=1S/C19H15FN2O6S/c1-25-18(24)8-22-13-6-14-15(28-10-27-14)7-16(13)29-19(22)21-17(23)9-26-12-4-2-11(20)3-5-12/h2-7H,8-10H2,1H3. The van der Waals surface area contributed by atoms with Gasteiger partial charge in [-0.3, -0.25) is 9.59 Å². The van der Waals surface area contributed by atoms with E-state index in [0.29, 0.717) is 27.6 Å². The van der Waals surface area contributed by atoms with Gasteiger partial charge in [-0.1, -0.05) is 11.3 Å². The van der Waals surface area contributed by atoms with Gasteiger partial charge in [-0.15, -0.1) is 0 Å². The normalized spacial score (nSPS) is 13.0. The van der Waals surface area contributed by atoms with Crippen LogP contribution in [-0.2, 0) is 20.9 Å². The first kappa shape index (κ1) is 18.9. The Labute approximate surface area is 167 Å². The van der Waals surface area contributed by atoms with Gasteiger partial charge < -0.3 is 23.5 Å². The molecular weight excluding hydrogens is 403 g/mol. The van der Waals surface area contributed by atoms with Crippen LogP contribution in [0.15, 0.2) is 41.4 Å². The lowest BCUT2D eigenvalue weighted by atomic mass is 10.3. The van der Waals surface area contributed by atoms with E-state index in [-0.39, 0.29) is 19.9 Å². The first-order valence-corrected chi connectivity index (χ1v) is 9.31. The Morgan fingerprint density at radius 3 is 2.66 bits per heavy atom. The molecule has 2 heterocycles. The fourth-order valence-corrected chi connectivity index (χ4v) is 3.76. The average Bonchev–Trinajstić information content (AvgIpc) is 3.30. The quantitative estimate of drug-likeness (QED) is 0.591. The molecule has 0 aliphatic carbocycles. The summed E-state index contributed by atoms with van der Waals surface area (Å²) in [5.74, 6) is 0.0353. The number of fused-ring (bicyclic) bond motifs is 2. The lowest BCUT2D eigenvalue weighted by Gasteiger charge is -2.05. The van der Waals surface area contributed by atoms with Crippen LogP contribution in [0.5, 0.6) is 17.2 Å². The molecule has 0 bridgehead atoms. The number of halogens is 1. The third kappa shape index (κ3) is 4.06. The van der Waals surface area contributed by atoms with Crippen molar-refractivity contribution in [3.63, 3.8) is 0 Å². The molecule has 8 nitrogen and oxygen atoms in total. The van der Waals surface area contributed by atoms with Crippen LogP contribution >= 0.6 is 11.3 Å². The lowest BCUT2D eigenvalue weighted by Crippen LogP contribution is -2.23.